The minimum atomic E-state index is -0.336. The molecule has 2 aromatic heterocycles. The molecule has 4 aromatic rings. The normalized spacial score (nSPS) is 12.7. The van der Waals surface area contributed by atoms with Gasteiger partial charge >= 0.3 is 0 Å². The zero-order valence-electron chi connectivity index (χ0n) is 19.7. The molecule has 0 bridgehead atoms. The second-order valence-corrected chi connectivity index (χ2v) is 9.74. The molecule has 0 radical (unpaired) electrons. The van der Waals surface area contributed by atoms with Crippen molar-refractivity contribution in [3.63, 3.8) is 0 Å². The molecule has 2 N–H and O–H groups in total. The van der Waals surface area contributed by atoms with E-state index in [-0.39, 0.29) is 36.9 Å². The number of hydrogen-bond acceptors (Lipinski definition) is 6. The van der Waals surface area contributed by atoms with Crippen molar-refractivity contribution < 1.29 is 14.3 Å². The summed E-state index contributed by atoms with van der Waals surface area (Å²) in [5, 5.41) is 6.17. The molecule has 0 atom stereocenters. The molecule has 0 saturated carbocycles. The molecule has 1 aliphatic rings. The van der Waals surface area contributed by atoms with Crippen LogP contribution in [-0.2, 0) is 29.0 Å². The van der Waals surface area contributed by atoms with Crippen molar-refractivity contribution >= 4 is 39.1 Å². The van der Waals surface area contributed by atoms with Crippen molar-refractivity contribution in [1.82, 2.24) is 14.9 Å². The number of nitrogens with one attached hydrogen (secondary N) is 2. The zero-order chi connectivity index (χ0) is 24.9. The Morgan fingerprint density at radius 3 is 2.53 bits per heavy atom. The third-order valence-corrected chi connectivity index (χ3v) is 7.25. The Morgan fingerprint density at radius 1 is 0.972 bits per heavy atom. The number of aromatic nitrogens is 2. The monoisotopic (exact) mass is 502 g/mol. The molecule has 5 rings (SSSR count). The smallest absolute Gasteiger partial charge is 0.262 e. The number of para-hydroxylation sites is 1. The molecule has 2 heterocycles. The maximum atomic E-state index is 13.0. The Hall–Kier alpha value is -3.98. The minimum Gasteiger partial charge on any atom is -0.457 e. The van der Waals surface area contributed by atoms with Crippen LogP contribution in [0.3, 0.4) is 0 Å². The van der Waals surface area contributed by atoms with E-state index in [2.05, 4.69) is 15.6 Å². The van der Waals surface area contributed by atoms with Gasteiger partial charge in [0.1, 0.15) is 22.9 Å². The lowest BCUT2D eigenvalue weighted by molar-refractivity contribution is -0.121. The zero-order valence-corrected chi connectivity index (χ0v) is 20.5. The van der Waals surface area contributed by atoms with Crippen LogP contribution in [0.2, 0.25) is 0 Å². The van der Waals surface area contributed by atoms with Gasteiger partial charge in [-0.1, -0.05) is 18.2 Å². The summed E-state index contributed by atoms with van der Waals surface area (Å²) in [6, 6.07) is 16.5. The summed E-state index contributed by atoms with van der Waals surface area (Å²) in [6.45, 7) is 0.0367. The van der Waals surface area contributed by atoms with E-state index in [1.54, 1.807) is 35.6 Å². The number of ether oxygens (including phenoxy) is 1. The van der Waals surface area contributed by atoms with Gasteiger partial charge in [0.25, 0.3) is 5.56 Å². The molecular weight excluding hydrogens is 476 g/mol. The van der Waals surface area contributed by atoms with Crippen molar-refractivity contribution in [2.75, 3.05) is 11.9 Å². The number of thiophene rings is 1. The predicted octanol–water partition coefficient (Wildman–Crippen LogP) is 4.27. The highest BCUT2D eigenvalue weighted by Crippen LogP contribution is 2.33. The quantitative estimate of drug-likeness (QED) is 0.375. The molecule has 2 aromatic carbocycles. The Morgan fingerprint density at radius 2 is 1.72 bits per heavy atom. The molecule has 36 heavy (non-hydrogen) atoms. The highest BCUT2D eigenvalue weighted by atomic mass is 32.1. The Kier molecular flexibility index (Phi) is 7.08. The van der Waals surface area contributed by atoms with E-state index in [4.69, 9.17) is 4.74 Å². The van der Waals surface area contributed by atoms with Gasteiger partial charge < -0.3 is 15.4 Å². The molecule has 0 fully saturated rings. The van der Waals surface area contributed by atoms with Crippen LogP contribution in [0.25, 0.3) is 10.2 Å². The maximum Gasteiger partial charge on any atom is 0.262 e. The second kappa shape index (κ2) is 10.7. The Labute approximate surface area is 211 Å². The first-order chi connectivity index (χ1) is 17.6. The summed E-state index contributed by atoms with van der Waals surface area (Å²) in [4.78, 5) is 44.1. The third-order valence-electron chi connectivity index (χ3n) is 6.05. The van der Waals surface area contributed by atoms with E-state index in [0.29, 0.717) is 16.8 Å². The van der Waals surface area contributed by atoms with Crippen LogP contribution in [0, 0.1) is 0 Å². The highest BCUT2D eigenvalue weighted by molar-refractivity contribution is 7.18. The van der Waals surface area contributed by atoms with Crippen LogP contribution >= 0.6 is 11.3 Å². The van der Waals surface area contributed by atoms with Crippen LogP contribution in [0.1, 0.15) is 29.7 Å². The first-order valence-electron chi connectivity index (χ1n) is 12.0. The van der Waals surface area contributed by atoms with Gasteiger partial charge in [0.15, 0.2) is 0 Å². The highest BCUT2D eigenvalue weighted by Gasteiger charge is 2.20. The first kappa shape index (κ1) is 23.7. The van der Waals surface area contributed by atoms with Crippen LogP contribution in [0.15, 0.2) is 65.7 Å². The fourth-order valence-corrected chi connectivity index (χ4v) is 5.49. The average Bonchev–Trinajstić information content (AvgIpc) is 3.27. The van der Waals surface area contributed by atoms with Crippen molar-refractivity contribution in [3.05, 3.63) is 81.7 Å². The van der Waals surface area contributed by atoms with Gasteiger partial charge in [-0.2, -0.15) is 0 Å². The summed E-state index contributed by atoms with van der Waals surface area (Å²) >= 11 is 1.58. The lowest BCUT2D eigenvalue weighted by atomic mass is 9.97. The number of fused-ring (bicyclic) bond motifs is 3. The lowest BCUT2D eigenvalue weighted by Gasteiger charge is -2.11. The van der Waals surface area contributed by atoms with Gasteiger partial charge in [0.2, 0.25) is 11.8 Å². The molecule has 2 amide bonds. The minimum absolute atomic E-state index is 0.109. The lowest BCUT2D eigenvalue weighted by Crippen LogP contribution is -2.34. The van der Waals surface area contributed by atoms with E-state index in [1.165, 1.54) is 15.8 Å². The molecule has 0 unspecified atom stereocenters. The molecule has 9 heteroatoms. The largest absolute Gasteiger partial charge is 0.457 e. The second-order valence-electron chi connectivity index (χ2n) is 8.66. The third kappa shape index (κ3) is 5.46. The summed E-state index contributed by atoms with van der Waals surface area (Å²) in [6.07, 6.45) is 5.63. The number of rotatable bonds is 8. The topological polar surface area (TPSA) is 102 Å². The van der Waals surface area contributed by atoms with E-state index in [1.807, 2.05) is 30.3 Å². The van der Waals surface area contributed by atoms with Crippen LogP contribution in [-0.4, -0.2) is 27.9 Å². The molecule has 184 valence electrons. The molecule has 0 saturated heterocycles. The number of hydrogen-bond donors (Lipinski definition) is 2. The van der Waals surface area contributed by atoms with Crippen molar-refractivity contribution in [1.29, 1.82) is 0 Å². The number of nitrogens with zero attached hydrogens (tertiary/aromatic N) is 2. The number of anilines is 1. The summed E-state index contributed by atoms with van der Waals surface area (Å²) in [7, 11) is 0. The Bertz CT molecular complexity index is 1440. The summed E-state index contributed by atoms with van der Waals surface area (Å²) < 4.78 is 7.09. The van der Waals surface area contributed by atoms with Crippen molar-refractivity contribution in [2.45, 2.75) is 38.6 Å². The maximum absolute atomic E-state index is 13.0. The number of carbonyl (C=O) groups is 2. The van der Waals surface area contributed by atoms with Crippen LogP contribution in [0.4, 0.5) is 5.69 Å². The van der Waals surface area contributed by atoms with E-state index >= 15 is 0 Å². The van der Waals surface area contributed by atoms with Gasteiger partial charge in [-0.05, 0) is 67.6 Å². The Balaban J connectivity index is 1.10. The fourth-order valence-electron chi connectivity index (χ4n) is 4.27. The standard InChI is InChI=1S/C27H26N4O4S/c32-23(30-18-10-12-20(13-11-18)35-19-6-2-1-3-7-19)14-15-28-24(33)16-31-17-29-26-25(27(31)34)21-8-4-5-9-22(21)36-26/h1-3,6-7,10-13,17H,4-5,8-9,14-16H2,(H,28,33)(H,30,32). The molecule has 0 spiro atoms. The first-order valence-corrected chi connectivity index (χ1v) is 12.8. The van der Waals surface area contributed by atoms with Crippen LogP contribution < -0.4 is 20.9 Å². The van der Waals surface area contributed by atoms with Crippen LogP contribution in [0.5, 0.6) is 11.5 Å². The van der Waals surface area contributed by atoms with Crippen molar-refractivity contribution in [3.8, 4) is 11.5 Å². The molecule has 8 nitrogen and oxygen atoms in total. The van der Waals surface area contributed by atoms with E-state index in [0.717, 1.165) is 41.8 Å². The summed E-state index contributed by atoms with van der Waals surface area (Å²) in [5.74, 6) is 0.838. The van der Waals surface area contributed by atoms with Gasteiger partial charge in [-0.15, -0.1) is 11.3 Å². The summed E-state index contributed by atoms with van der Waals surface area (Å²) in [5.41, 5.74) is 1.56. The number of benzene rings is 2. The number of carbonyl (C=O) groups excluding carboxylic acids is 2. The van der Waals surface area contributed by atoms with Gasteiger partial charge in [-0.3, -0.25) is 19.0 Å². The van der Waals surface area contributed by atoms with Crippen molar-refractivity contribution in [2.24, 2.45) is 0 Å². The predicted molar refractivity (Wildman–Crippen MR) is 140 cm³/mol. The molecule has 1 aliphatic carbocycles. The van der Waals surface area contributed by atoms with E-state index < -0.39 is 0 Å². The molecular formula is C27H26N4O4S. The fraction of sp³-hybridized carbons (Fsp3) is 0.259. The SMILES string of the molecule is O=C(Cn1cnc2sc3c(c2c1=O)CCCC3)NCCC(=O)Nc1ccc(Oc2ccccc2)cc1. The number of amides is 2. The van der Waals surface area contributed by atoms with E-state index in [9.17, 15) is 14.4 Å². The van der Waals surface area contributed by atoms with Gasteiger partial charge in [0, 0.05) is 23.5 Å². The van der Waals surface area contributed by atoms with Gasteiger partial charge in [0.05, 0.1) is 11.7 Å². The van der Waals surface area contributed by atoms with Gasteiger partial charge in [-0.25, -0.2) is 4.98 Å². The molecule has 0 aliphatic heterocycles. The average molecular weight is 503 g/mol. The number of aryl methyl sites for hydroxylation is 2.